The third kappa shape index (κ3) is 4.67. The maximum atomic E-state index is 12.8. The van der Waals surface area contributed by atoms with Crippen LogP contribution in [0.25, 0.3) is 6.08 Å². The van der Waals surface area contributed by atoms with Gasteiger partial charge in [-0.1, -0.05) is 36.4 Å². The van der Waals surface area contributed by atoms with Gasteiger partial charge < -0.3 is 14.7 Å². The lowest BCUT2D eigenvalue weighted by atomic mass is 10.2. The molecule has 2 aromatic carbocycles. The molecule has 0 saturated carbocycles. The molecule has 1 saturated heterocycles. The number of methoxy groups -OCH3 is 1. The first-order chi connectivity index (χ1) is 14.0. The molecule has 1 aliphatic rings. The fourth-order valence-electron chi connectivity index (χ4n) is 2.89. The van der Waals surface area contributed by atoms with Crippen LogP contribution in [0.2, 0.25) is 0 Å². The lowest BCUT2D eigenvalue weighted by Crippen LogP contribution is -2.43. The number of aliphatic hydroxyl groups excluding tert-OH is 1. The van der Waals surface area contributed by atoms with Crippen LogP contribution in [0.15, 0.2) is 59.5 Å². The summed E-state index contributed by atoms with van der Waals surface area (Å²) in [6.45, 7) is -0.574. The van der Waals surface area contributed by atoms with Gasteiger partial charge in [-0.25, -0.2) is 0 Å². The van der Waals surface area contributed by atoms with Crippen LogP contribution in [0.4, 0.5) is 10.5 Å². The van der Waals surface area contributed by atoms with Crippen molar-refractivity contribution >= 4 is 40.6 Å². The highest BCUT2D eigenvalue weighted by molar-refractivity contribution is 8.18. The number of carbonyl (C=O) groups is 3. The van der Waals surface area contributed by atoms with E-state index in [0.29, 0.717) is 17.0 Å². The highest BCUT2D eigenvalue weighted by atomic mass is 32.2. The summed E-state index contributed by atoms with van der Waals surface area (Å²) in [6, 6.07) is 15.9. The van der Waals surface area contributed by atoms with Crippen molar-refractivity contribution in [1.29, 1.82) is 0 Å². The minimum atomic E-state index is -0.531. The van der Waals surface area contributed by atoms with E-state index in [4.69, 9.17) is 4.74 Å². The van der Waals surface area contributed by atoms with Crippen molar-refractivity contribution in [2.24, 2.45) is 0 Å². The number of amides is 3. The smallest absolute Gasteiger partial charge is 0.294 e. The van der Waals surface area contributed by atoms with Crippen LogP contribution in [-0.4, -0.2) is 53.9 Å². The number of benzene rings is 2. The molecule has 1 aliphatic heterocycles. The molecular weight excluding hydrogens is 392 g/mol. The van der Waals surface area contributed by atoms with Crippen LogP contribution < -0.4 is 9.64 Å². The molecule has 1 heterocycles. The van der Waals surface area contributed by atoms with Gasteiger partial charge in [-0.05, 0) is 36.0 Å². The standard InChI is InChI=1S/C21H20N2O5S/c1-28-17-10-6-5-7-15(17)13-18-20(26)23(21(27)29-18)14-19(25)22(11-12-24)16-8-3-2-4-9-16/h2-10,13,24H,11-12,14H2,1H3/b18-13-. The molecule has 150 valence electrons. The second kappa shape index (κ2) is 9.40. The van der Waals surface area contributed by atoms with Crippen LogP contribution in [0.3, 0.4) is 0 Å². The average Bonchev–Trinajstić information content (AvgIpc) is 3.00. The number of aliphatic hydroxyl groups is 1. The number of carbonyl (C=O) groups excluding carboxylic acids is 3. The van der Waals surface area contributed by atoms with Gasteiger partial charge in [0.15, 0.2) is 0 Å². The van der Waals surface area contributed by atoms with E-state index in [9.17, 15) is 19.5 Å². The first-order valence-electron chi connectivity index (χ1n) is 8.90. The lowest BCUT2D eigenvalue weighted by molar-refractivity contribution is -0.128. The molecule has 0 unspecified atom stereocenters. The summed E-state index contributed by atoms with van der Waals surface area (Å²) in [6.07, 6.45) is 1.58. The van der Waals surface area contributed by atoms with Crippen molar-refractivity contribution in [3.63, 3.8) is 0 Å². The maximum absolute atomic E-state index is 12.8. The van der Waals surface area contributed by atoms with E-state index in [0.717, 1.165) is 16.7 Å². The van der Waals surface area contributed by atoms with Crippen LogP contribution in [0, 0.1) is 0 Å². The average molecular weight is 412 g/mol. The number of hydrogen-bond acceptors (Lipinski definition) is 6. The van der Waals surface area contributed by atoms with E-state index in [1.165, 1.54) is 12.0 Å². The molecule has 8 heteroatoms. The van der Waals surface area contributed by atoms with E-state index in [-0.39, 0.29) is 18.1 Å². The van der Waals surface area contributed by atoms with E-state index >= 15 is 0 Å². The first-order valence-corrected chi connectivity index (χ1v) is 9.71. The topological polar surface area (TPSA) is 87.2 Å². The van der Waals surface area contributed by atoms with E-state index < -0.39 is 23.6 Å². The number of rotatable bonds is 7. The molecule has 0 spiro atoms. The molecule has 0 aliphatic carbocycles. The molecule has 0 radical (unpaired) electrons. The quantitative estimate of drug-likeness (QED) is 0.704. The second-order valence-corrected chi connectivity index (χ2v) is 7.11. The fraction of sp³-hybridized carbons (Fsp3) is 0.190. The molecule has 1 N–H and O–H groups in total. The molecule has 3 rings (SSSR count). The van der Waals surface area contributed by atoms with Crippen molar-refractivity contribution in [1.82, 2.24) is 4.90 Å². The van der Waals surface area contributed by atoms with E-state index in [1.54, 1.807) is 54.6 Å². The molecule has 3 amide bonds. The summed E-state index contributed by atoms with van der Waals surface area (Å²) < 4.78 is 5.27. The van der Waals surface area contributed by atoms with Gasteiger partial charge in [0.1, 0.15) is 12.3 Å². The summed E-state index contributed by atoms with van der Waals surface area (Å²) in [4.78, 5) is 40.4. The number of para-hydroxylation sites is 2. The Hall–Kier alpha value is -3.10. The maximum Gasteiger partial charge on any atom is 0.294 e. The van der Waals surface area contributed by atoms with Gasteiger partial charge in [-0.15, -0.1) is 0 Å². The predicted molar refractivity (Wildman–Crippen MR) is 112 cm³/mol. The molecule has 1 fully saturated rings. The number of hydrogen-bond donors (Lipinski definition) is 1. The number of anilines is 1. The summed E-state index contributed by atoms with van der Waals surface area (Å²) >= 11 is 0.782. The zero-order valence-corrected chi connectivity index (χ0v) is 16.6. The highest BCUT2D eigenvalue weighted by Crippen LogP contribution is 2.34. The predicted octanol–water partition coefficient (Wildman–Crippen LogP) is 2.76. The Balaban J connectivity index is 1.79. The number of imide groups is 1. The Morgan fingerprint density at radius 3 is 2.52 bits per heavy atom. The lowest BCUT2D eigenvalue weighted by Gasteiger charge is -2.23. The molecule has 0 aromatic heterocycles. The second-order valence-electron chi connectivity index (χ2n) is 6.11. The summed E-state index contributed by atoms with van der Waals surface area (Å²) in [5.74, 6) is -0.407. The van der Waals surface area contributed by atoms with Crippen molar-refractivity contribution < 1.29 is 24.2 Å². The Morgan fingerprint density at radius 1 is 1.14 bits per heavy atom. The number of nitrogens with zero attached hydrogens (tertiary/aromatic N) is 2. The molecular formula is C21H20N2O5S. The van der Waals surface area contributed by atoms with Gasteiger partial charge in [-0.3, -0.25) is 19.3 Å². The van der Waals surface area contributed by atoms with Gasteiger partial charge in [0.25, 0.3) is 11.1 Å². The van der Waals surface area contributed by atoms with Crippen molar-refractivity contribution in [3.8, 4) is 5.75 Å². The van der Waals surface area contributed by atoms with Gasteiger partial charge in [0.05, 0.1) is 18.6 Å². The molecule has 0 bridgehead atoms. The number of ether oxygens (including phenoxy) is 1. The molecule has 0 atom stereocenters. The summed E-state index contributed by atoms with van der Waals surface area (Å²) in [5.41, 5.74) is 1.25. The normalized spacial score (nSPS) is 15.1. The van der Waals surface area contributed by atoms with Gasteiger partial charge >= 0.3 is 0 Å². The molecule has 29 heavy (non-hydrogen) atoms. The van der Waals surface area contributed by atoms with Crippen LogP contribution in [0.1, 0.15) is 5.56 Å². The summed E-state index contributed by atoms with van der Waals surface area (Å²) in [7, 11) is 1.52. The van der Waals surface area contributed by atoms with E-state index in [1.807, 2.05) is 6.07 Å². The third-order valence-corrected chi connectivity index (χ3v) is 5.19. The van der Waals surface area contributed by atoms with Crippen molar-refractivity contribution in [3.05, 3.63) is 65.1 Å². The zero-order valence-electron chi connectivity index (χ0n) is 15.8. The SMILES string of the molecule is COc1ccccc1/C=C1\SC(=O)N(CC(=O)N(CCO)c2ccccc2)C1=O. The van der Waals surface area contributed by atoms with Gasteiger partial charge in [0, 0.05) is 17.8 Å². The van der Waals surface area contributed by atoms with Crippen LogP contribution in [0.5, 0.6) is 5.75 Å². The Morgan fingerprint density at radius 2 is 1.83 bits per heavy atom. The van der Waals surface area contributed by atoms with Crippen LogP contribution in [-0.2, 0) is 9.59 Å². The van der Waals surface area contributed by atoms with Gasteiger partial charge in [0.2, 0.25) is 5.91 Å². The molecule has 2 aromatic rings. The third-order valence-electron chi connectivity index (χ3n) is 4.29. The van der Waals surface area contributed by atoms with E-state index in [2.05, 4.69) is 0 Å². The van der Waals surface area contributed by atoms with Crippen LogP contribution >= 0.6 is 11.8 Å². The largest absolute Gasteiger partial charge is 0.496 e. The van der Waals surface area contributed by atoms with Crippen molar-refractivity contribution in [2.45, 2.75) is 0 Å². The Kier molecular flexibility index (Phi) is 6.69. The molecule has 7 nitrogen and oxygen atoms in total. The Bertz CT molecular complexity index is 945. The van der Waals surface area contributed by atoms with Crippen molar-refractivity contribution in [2.75, 3.05) is 31.7 Å². The van der Waals surface area contributed by atoms with Gasteiger partial charge in [-0.2, -0.15) is 0 Å². The summed E-state index contributed by atoms with van der Waals surface area (Å²) in [5, 5.41) is 8.79. The minimum Gasteiger partial charge on any atom is -0.496 e. The monoisotopic (exact) mass is 412 g/mol. The fourth-order valence-corrected chi connectivity index (χ4v) is 3.72. The highest BCUT2D eigenvalue weighted by Gasteiger charge is 2.37. The first kappa shape index (κ1) is 20.6. The zero-order chi connectivity index (χ0) is 20.8. The Labute approximate surface area is 172 Å². The minimum absolute atomic E-state index is 0.0656. The number of thioether (sulfide) groups is 1.